The molecular formula is C11H14N4O6. The van der Waals surface area contributed by atoms with Gasteiger partial charge in [0, 0.05) is 0 Å². The van der Waals surface area contributed by atoms with Crippen molar-refractivity contribution in [2.24, 2.45) is 0 Å². The van der Waals surface area contributed by atoms with Gasteiger partial charge in [-0.3, -0.25) is 14.9 Å². The molecule has 0 spiro atoms. The van der Waals surface area contributed by atoms with E-state index in [1.807, 2.05) is 0 Å². The molecule has 1 rings (SSSR count). The number of hydrogen-bond acceptors (Lipinski definition) is 9. The lowest BCUT2D eigenvalue weighted by Crippen LogP contribution is -2.34. The number of aryl methyl sites for hydroxylation is 1. The van der Waals surface area contributed by atoms with Crippen LogP contribution in [0.3, 0.4) is 0 Å². The molecule has 0 saturated carbocycles. The van der Waals surface area contributed by atoms with Gasteiger partial charge in [-0.05, 0) is 6.92 Å². The molecule has 0 bridgehead atoms. The van der Waals surface area contributed by atoms with Gasteiger partial charge in [0.2, 0.25) is 5.82 Å². The number of rotatable bonds is 6. The molecule has 10 nitrogen and oxygen atoms in total. The maximum Gasteiger partial charge on any atom is 0.329 e. The Morgan fingerprint density at radius 3 is 2.62 bits per heavy atom. The zero-order valence-corrected chi connectivity index (χ0v) is 11.7. The molecule has 0 aliphatic carbocycles. The Hall–Kier alpha value is -2.78. The summed E-state index contributed by atoms with van der Waals surface area (Å²) in [5, 5.41) is 13.4. The van der Waals surface area contributed by atoms with E-state index in [0.717, 1.165) is 20.4 Å². The van der Waals surface area contributed by atoms with E-state index in [0.29, 0.717) is 0 Å². The first-order valence-electron chi connectivity index (χ1n) is 5.78. The number of carbonyl (C=O) groups excluding carboxylic acids is 2. The first-order chi connectivity index (χ1) is 9.88. The van der Waals surface area contributed by atoms with Crippen LogP contribution in [0.4, 0.5) is 11.5 Å². The number of carbonyl (C=O) groups is 2. The van der Waals surface area contributed by atoms with Gasteiger partial charge in [-0.1, -0.05) is 0 Å². The Morgan fingerprint density at radius 1 is 1.43 bits per heavy atom. The molecule has 1 heterocycles. The van der Waals surface area contributed by atoms with E-state index in [9.17, 15) is 19.7 Å². The van der Waals surface area contributed by atoms with Crippen molar-refractivity contribution in [1.82, 2.24) is 9.97 Å². The van der Waals surface area contributed by atoms with Crippen molar-refractivity contribution in [3.8, 4) is 0 Å². The summed E-state index contributed by atoms with van der Waals surface area (Å²) in [4.78, 5) is 40.7. The van der Waals surface area contributed by atoms with Gasteiger partial charge < -0.3 is 14.8 Å². The van der Waals surface area contributed by atoms with Gasteiger partial charge in [0.1, 0.15) is 18.1 Å². The molecule has 0 aliphatic heterocycles. The van der Waals surface area contributed by atoms with Crippen molar-refractivity contribution in [3.05, 3.63) is 22.1 Å². The molecular weight excluding hydrogens is 284 g/mol. The lowest BCUT2D eigenvalue weighted by Gasteiger charge is -2.15. The molecule has 1 atom stereocenters. The summed E-state index contributed by atoms with van der Waals surface area (Å²) in [6, 6.07) is -1.16. The fraction of sp³-hybridized carbons (Fsp3) is 0.455. The van der Waals surface area contributed by atoms with Crippen LogP contribution in [0.15, 0.2) is 6.20 Å². The van der Waals surface area contributed by atoms with E-state index in [1.54, 1.807) is 0 Å². The topological polar surface area (TPSA) is 134 Å². The second-order valence-corrected chi connectivity index (χ2v) is 3.91. The quantitative estimate of drug-likeness (QED) is 0.444. The molecule has 0 aromatic carbocycles. The van der Waals surface area contributed by atoms with Crippen LogP contribution in [0.2, 0.25) is 0 Å². The average molecular weight is 298 g/mol. The number of methoxy groups -OCH3 is 2. The SMILES string of the molecule is COC(=O)CC(Nc1nc(C)ncc1[N+](=O)[O-])C(=O)OC. The number of nitro groups is 1. The molecule has 0 saturated heterocycles. The Morgan fingerprint density at radius 2 is 2.10 bits per heavy atom. The van der Waals surface area contributed by atoms with Crippen LogP contribution in [0.25, 0.3) is 0 Å². The summed E-state index contributed by atoms with van der Waals surface area (Å²) >= 11 is 0. The molecule has 1 aromatic heterocycles. The van der Waals surface area contributed by atoms with E-state index >= 15 is 0 Å². The minimum Gasteiger partial charge on any atom is -0.469 e. The largest absolute Gasteiger partial charge is 0.469 e. The Balaban J connectivity index is 3.07. The minimum absolute atomic E-state index is 0.174. The fourth-order valence-corrected chi connectivity index (χ4v) is 1.45. The minimum atomic E-state index is -1.16. The van der Waals surface area contributed by atoms with E-state index in [1.165, 1.54) is 6.92 Å². The van der Waals surface area contributed by atoms with Crippen molar-refractivity contribution in [3.63, 3.8) is 0 Å². The second kappa shape index (κ2) is 7.12. The van der Waals surface area contributed by atoms with Gasteiger partial charge in [-0.15, -0.1) is 0 Å². The number of esters is 2. The number of anilines is 1. The fourth-order valence-electron chi connectivity index (χ4n) is 1.45. The number of nitrogens with zero attached hydrogens (tertiary/aromatic N) is 3. The van der Waals surface area contributed by atoms with Crippen LogP contribution in [-0.4, -0.2) is 47.1 Å². The lowest BCUT2D eigenvalue weighted by atomic mass is 10.2. The summed E-state index contributed by atoms with van der Waals surface area (Å²) in [6.07, 6.45) is 0.653. The molecule has 21 heavy (non-hydrogen) atoms. The Bertz CT molecular complexity index is 562. The van der Waals surface area contributed by atoms with Gasteiger partial charge in [0.15, 0.2) is 0 Å². The molecule has 0 amide bonds. The summed E-state index contributed by atoms with van der Waals surface area (Å²) in [6.45, 7) is 1.53. The van der Waals surface area contributed by atoms with Crippen LogP contribution in [-0.2, 0) is 19.1 Å². The molecule has 1 unspecified atom stereocenters. The summed E-state index contributed by atoms with van der Waals surface area (Å²) in [5.74, 6) is -1.35. The van der Waals surface area contributed by atoms with Crippen LogP contribution in [0.1, 0.15) is 12.2 Å². The first-order valence-corrected chi connectivity index (χ1v) is 5.78. The van der Waals surface area contributed by atoms with Crippen molar-refractivity contribution >= 4 is 23.4 Å². The van der Waals surface area contributed by atoms with Crippen LogP contribution < -0.4 is 5.32 Å². The molecule has 1 N–H and O–H groups in total. The van der Waals surface area contributed by atoms with E-state index < -0.39 is 28.6 Å². The first kappa shape index (κ1) is 16.3. The van der Waals surface area contributed by atoms with Gasteiger partial charge in [0.25, 0.3) is 0 Å². The molecule has 10 heteroatoms. The van der Waals surface area contributed by atoms with E-state index in [4.69, 9.17) is 0 Å². The average Bonchev–Trinajstić information content (AvgIpc) is 2.45. The standard InChI is InChI=1S/C11H14N4O6/c1-6-12-5-8(15(18)19)10(13-6)14-7(11(17)21-3)4-9(16)20-2/h5,7H,4H2,1-3H3,(H,12,13,14). The highest BCUT2D eigenvalue weighted by Gasteiger charge is 2.27. The summed E-state index contributed by atoms with van der Waals surface area (Å²) in [7, 11) is 2.29. The molecule has 0 radical (unpaired) electrons. The van der Waals surface area contributed by atoms with Crippen molar-refractivity contribution in [2.45, 2.75) is 19.4 Å². The molecule has 0 aliphatic rings. The zero-order valence-electron chi connectivity index (χ0n) is 11.7. The maximum atomic E-state index is 11.6. The number of ether oxygens (including phenoxy) is 2. The summed E-state index contributed by atoms with van der Waals surface area (Å²) < 4.78 is 9.00. The summed E-state index contributed by atoms with van der Waals surface area (Å²) in [5.41, 5.74) is -0.417. The van der Waals surface area contributed by atoms with E-state index in [-0.39, 0.29) is 18.1 Å². The molecule has 0 fully saturated rings. The smallest absolute Gasteiger partial charge is 0.329 e. The molecule has 1 aromatic rings. The monoisotopic (exact) mass is 298 g/mol. The number of hydrogen-bond donors (Lipinski definition) is 1. The van der Waals surface area contributed by atoms with Crippen molar-refractivity contribution in [1.29, 1.82) is 0 Å². The van der Waals surface area contributed by atoms with Gasteiger partial charge in [-0.2, -0.15) is 0 Å². The highest BCUT2D eigenvalue weighted by molar-refractivity contribution is 5.85. The third-order valence-electron chi connectivity index (χ3n) is 2.48. The van der Waals surface area contributed by atoms with Gasteiger partial charge in [0.05, 0.1) is 25.6 Å². The zero-order chi connectivity index (χ0) is 16.0. The van der Waals surface area contributed by atoms with Gasteiger partial charge in [-0.25, -0.2) is 14.8 Å². The predicted molar refractivity (Wildman–Crippen MR) is 69.5 cm³/mol. The predicted octanol–water partition coefficient (Wildman–Crippen LogP) is 0.210. The normalized spacial score (nSPS) is 11.4. The maximum absolute atomic E-state index is 11.6. The highest BCUT2D eigenvalue weighted by Crippen LogP contribution is 2.22. The second-order valence-electron chi connectivity index (χ2n) is 3.91. The highest BCUT2D eigenvalue weighted by atomic mass is 16.6. The third kappa shape index (κ3) is 4.37. The molecule has 114 valence electrons. The van der Waals surface area contributed by atoms with Crippen LogP contribution in [0.5, 0.6) is 0 Å². The van der Waals surface area contributed by atoms with Crippen molar-refractivity contribution in [2.75, 3.05) is 19.5 Å². The van der Waals surface area contributed by atoms with E-state index in [2.05, 4.69) is 24.8 Å². The Kier molecular flexibility index (Phi) is 5.52. The van der Waals surface area contributed by atoms with Crippen molar-refractivity contribution < 1.29 is 24.0 Å². The van der Waals surface area contributed by atoms with Gasteiger partial charge >= 0.3 is 17.6 Å². The number of aromatic nitrogens is 2. The van der Waals surface area contributed by atoms with Crippen LogP contribution in [0, 0.1) is 17.0 Å². The third-order valence-corrected chi connectivity index (χ3v) is 2.48. The van der Waals surface area contributed by atoms with Crippen LogP contribution >= 0.6 is 0 Å². The lowest BCUT2D eigenvalue weighted by molar-refractivity contribution is -0.384. The Labute approximate surface area is 119 Å². The number of nitrogens with one attached hydrogen (secondary N) is 1.